The predicted octanol–water partition coefficient (Wildman–Crippen LogP) is 7.53. The zero-order valence-corrected chi connectivity index (χ0v) is 27.7. The second kappa shape index (κ2) is 18.9. The standard InChI is InChI=1S/C33H54N2O3S2/c1-8-38-23-11-9-10-21-35(27-33(4,5)40-25-29-14-18-31(37-7)19-15-29)22-20-34-26-32(2,3)39-24-28-12-16-30(36-6)17-13-28/h12-19,34H,8-11,20-27H2,1-7H3. The van der Waals surface area contributed by atoms with Crippen molar-refractivity contribution in [2.24, 2.45) is 0 Å². The summed E-state index contributed by atoms with van der Waals surface area (Å²) >= 11 is 4.04. The van der Waals surface area contributed by atoms with Crippen LogP contribution in [0.5, 0.6) is 11.5 Å². The monoisotopic (exact) mass is 590 g/mol. The van der Waals surface area contributed by atoms with E-state index >= 15 is 0 Å². The van der Waals surface area contributed by atoms with Gasteiger partial charge in [-0.15, -0.1) is 23.5 Å². The average Bonchev–Trinajstić information content (AvgIpc) is 2.95. The molecule has 0 amide bonds. The van der Waals surface area contributed by atoms with Crippen molar-refractivity contribution in [1.82, 2.24) is 10.2 Å². The van der Waals surface area contributed by atoms with Gasteiger partial charge < -0.3 is 24.4 Å². The highest BCUT2D eigenvalue weighted by atomic mass is 32.2. The van der Waals surface area contributed by atoms with Gasteiger partial charge in [0.15, 0.2) is 0 Å². The van der Waals surface area contributed by atoms with Crippen LogP contribution in [0, 0.1) is 0 Å². The lowest BCUT2D eigenvalue weighted by atomic mass is 10.1. The molecule has 0 saturated carbocycles. The number of nitrogens with one attached hydrogen (secondary N) is 1. The Bertz CT molecular complexity index is 920. The Morgan fingerprint density at radius 2 is 1.27 bits per heavy atom. The Morgan fingerprint density at radius 3 is 1.80 bits per heavy atom. The average molecular weight is 591 g/mol. The zero-order valence-electron chi connectivity index (χ0n) is 26.1. The third kappa shape index (κ3) is 15.0. The molecule has 0 aliphatic rings. The van der Waals surface area contributed by atoms with Crippen LogP contribution in [0.25, 0.3) is 0 Å². The van der Waals surface area contributed by atoms with E-state index in [1.165, 1.54) is 24.0 Å². The number of unbranched alkanes of at least 4 members (excludes halogenated alkanes) is 2. The number of rotatable bonds is 22. The third-order valence-electron chi connectivity index (χ3n) is 6.80. The summed E-state index contributed by atoms with van der Waals surface area (Å²) in [5, 5.41) is 3.76. The topological polar surface area (TPSA) is 43.0 Å². The molecule has 0 unspecified atom stereocenters. The smallest absolute Gasteiger partial charge is 0.118 e. The highest BCUT2D eigenvalue weighted by molar-refractivity contribution is 8.00. The molecule has 0 saturated heterocycles. The van der Waals surface area contributed by atoms with E-state index in [-0.39, 0.29) is 9.49 Å². The quantitative estimate of drug-likeness (QED) is 0.142. The van der Waals surface area contributed by atoms with Crippen LogP contribution in [-0.4, -0.2) is 74.6 Å². The van der Waals surface area contributed by atoms with Crippen molar-refractivity contribution in [3.8, 4) is 11.5 Å². The number of methoxy groups -OCH3 is 2. The van der Waals surface area contributed by atoms with Gasteiger partial charge in [0.1, 0.15) is 11.5 Å². The first-order valence-corrected chi connectivity index (χ1v) is 16.7. The van der Waals surface area contributed by atoms with Gasteiger partial charge in [-0.25, -0.2) is 0 Å². The SMILES string of the molecule is CCOCCCCCN(CCNCC(C)(C)SCc1ccc(OC)cc1)CC(C)(C)SCc1ccc(OC)cc1. The fourth-order valence-electron chi connectivity index (χ4n) is 4.39. The first-order valence-electron chi connectivity index (χ1n) is 14.7. The Balaban J connectivity index is 1.81. The van der Waals surface area contributed by atoms with Gasteiger partial charge in [-0.3, -0.25) is 0 Å². The molecule has 226 valence electrons. The second-order valence-corrected chi connectivity index (χ2v) is 14.9. The number of hydrogen-bond donors (Lipinski definition) is 1. The van der Waals surface area contributed by atoms with Crippen LogP contribution in [-0.2, 0) is 16.2 Å². The molecule has 2 rings (SSSR count). The second-order valence-electron chi connectivity index (χ2n) is 11.5. The molecule has 7 heteroatoms. The first kappa shape index (κ1) is 34.8. The first-order chi connectivity index (χ1) is 19.2. The summed E-state index contributed by atoms with van der Waals surface area (Å²) < 4.78 is 16.5. The highest BCUT2D eigenvalue weighted by Crippen LogP contribution is 2.30. The van der Waals surface area contributed by atoms with Crippen molar-refractivity contribution < 1.29 is 14.2 Å². The van der Waals surface area contributed by atoms with Gasteiger partial charge in [0, 0.05) is 60.4 Å². The summed E-state index contributed by atoms with van der Waals surface area (Å²) in [4.78, 5) is 2.66. The van der Waals surface area contributed by atoms with E-state index in [1.807, 2.05) is 35.7 Å². The molecule has 2 aromatic carbocycles. The Kier molecular flexibility index (Phi) is 16.5. The lowest BCUT2D eigenvalue weighted by Gasteiger charge is -2.33. The largest absolute Gasteiger partial charge is 0.497 e. The normalized spacial score (nSPS) is 12.2. The number of benzene rings is 2. The van der Waals surface area contributed by atoms with Gasteiger partial charge in [0.05, 0.1) is 14.2 Å². The molecule has 2 aromatic rings. The van der Waals surface area contributed by atoms with Gasteiger partial charge >= 0.3 is 0 Å². The lowest BCUT2D eigenvalue weighted by Crippen LogP contribution is -2.42. The van der Waals surface area contributed by atoms with E-state index in [0.29, 0.717) is 0 Å². The van der Waals surface area contributed by atoms with E-state index < -0.39 is 0 Å². The zero-order chi connectivity index (χ0) is 29.3. The van der Waals surface area contributed by atoms with E-state index in [1.54, 1.807) is 14.2 Å². The van der Waals surface area contributed by atoms with Crippen LogP contribution < -0.4 is 14.8 Å². The molecule has 0 spiro atoms. The van der Waals surface area contributed by atoms with Crippen LogP contribution in [0.3, 0.4) is 0 Å². The molecule has 0 fully saturated rings. The molecular weight excluding hydrogens is 537 g/mol. The molecule has 0 aliphatic heterocycles. The minimum Gasteiger partial charge on any atom is -0.497 e. The lowest BCUT2D eigenvalue weighted by molar-refractivity contribution is 0.141. The van der Waals surface area contributed by atoms with Crippen molar-refractivity contribution in [3.63, 3.8) is 0 Å². The Hall–Kier alpha value is -1.38. The number of ether oxygens (including phenoxy) is 3. The predicted molar refractivity (Wildman–Crippen MR) is 176 cm³/mol. The van der Waals surface area contributed by atoms with Crippen LogP contribution in [0.2, 0.25) is 0 Å². The molecule has 0 bridgehead atoms. The summed E-state index contributed by atoms with van der Waals surface area (Å²) in [6.07, 6.45) is 3.59. The molecule has 0 atom stereocenters. The summed E-state index contributed by atoms with van der Waals surface area (Å²) in [6.45, 7) is 18.5. The van der Waals surface area contributed by atoms with Gasteiger partial charge in [0.25, 0.3) is 0 Å². The highest BCUT2D eigenvalue weighted by Gasteiger charge is 2.23. The van der Waals surface area contributed by atoms with E-state index in [0.717, 1.165) is 75.4 Å². The van der Waals surface area contributed by atoms with Crippen molar-refractivity contribution in [2.45, 2.75) is 74.9 Å². The fourth-order valence-corrected chi connectivity index (χ4v) is 6.37. The van der Waals surface area contributed by atoms with Gasteiger partial charge in [-0.2, -0.15) is 0 Å². The molecular formula is C33H54N2O3S2. The maximum absolute atomic E-state index is 5.54. The van der Waals surface area contributed by atoms with E-state index in [4.69, 9.17) is 14.2 Å². The molecule has 0 heterocycles. The maximum atomic E-state index is 5.54. The molecule has 0 radical (unpaired) electrons. The number of nitrogens with zero attached hydrogens (tertiary/aromatic N) is 1. The van der Waals surface area contributed by atoms with Crippen molar-refractivity contribution in [3.05, 3.63) is 59.7 Å². The fraction of sp³-hybridized carbons (Fsp3) is 0.636. The summed E-state index contributed by atoms with van der Waals surface area (Å²) in [6, 6.07) is 16.9. The molecule has 0 aliphatic carbocycles. The Labute approximate surface area is 253 Å². The van der Waals surface area contributed by atoms with Crippen LogP contribution in [0.1, 0.15) is 65.0 Å². The molecule has 1 N–H and O–H groups in total. The third-order valence-corrected chi connectivity index (χ3v) is 9.60. The minimum atomic E-state index is 0.164. The summed E-state index contributed by atoms with van der Waals surface area (Å²) in [5.41, 5.74) is 2.68. The minimum absolute atomic E-state index is 0.164. The maximum Gasteiger partial charge on any atom is 0.118 e. The number of hydrogen-bond acceptors (Lipinski definition) is 7. The van der Waals surface area contributed by atoms with Gasteiger partial charge in [-0.1, -0.05) is 24.3 Å². The van der Waals surface area contributed by atoms with Crippen molar-refractivity contribution in [2.75, 3.05) is 60.2 Å². The molecule has 5 nitrogen and oxygen atoms in total. The van der Waals surface area contributed by atoms with Crippen molar-refractivity contribution in [1.29, 1.82) is 0 Å². The van der Waals surface area contributed by atoms with Gasteiger partial charge in [0.2, 0.25) is 0 Å². The number of thioether (sulfide) groups is 2. The van der Waals surface area contributed by atoms with Gasteiger partial charge in [-0.05, 0) is 95.8 Å². The van der Waals surface area contributed by atoms with E-state index in [2.05, 4.69) is 81.2 Å². The molecule has 0 aromatic heterocycles. The molecule has 40 heavy (non-hydrogen) atoms. The van der Waals surface area contributed by atoms with Crippen LogP contribution in [0.15, 0.2) is 48.5 Å². The summed E-state index contributed by atoms with van der Waals surface area (Å²) in [7, 11) is 3.43. The van der Waals surface area contributed by atoms with Crippen LogP contribution >= 0.6 is 23.5 Å². The summed E-state index contributed by atoms with van der Waals surface area (Å²) in [5.74, 6) is 3.84. The van der Waals surface area contributed by atoms with Crippen LogP contribution in [0.4, 0.5) is 0 Å². The van der Waals surface area contributed by atoms with E-state index in [9.17, 15) is 0 Å². The van der Waals surface area contributed by atoms with Crippen molar-refractivity contribution >= 4 is 23.5 Å². The Morgan fingerprint density at radius 1 is 0.725 bits per heavy atom.